The Labute approximate surface area is 186 Å². The van der Waals surface area contributed by atoms with Gasteiger partial charge in [0.1, 0.15) is 11.9 Å². The van der Waals surface area contributed by atoms with Crippen molar-refractivity contribution in [3.63, 3.8) is 0 Å². The number of sulfonamides is 1. The number of rotatable bonds is 7. The number of hydrogen-bond donors (Lipinski definition) is 1. The minimum Gasteiger partial charge on any atom is -0.331 e. The number of likely N-dealkylation sites (tertiary alicyclic amines) is 1. The Kier molecular flexibility index (Phi) is 7.00. The van der Waals surface area contributed by atoms with E-state index in [2.05, 4.69) is 4.72 Å². The van der Waals surface area contributed by atoms with Crippen LogP contribution in [0.3, 0.4) is 0 Å². The van der Waals surface area contributed by atoms with Crippen LogP contribution in [-0.2, 0) is 21.2 Å². The number of halogens is 3. The molecular weight excluding hydrogens is 441 g/mol. The highest BCUT2D eigenvalue weighted by Crippen LogP contribution is 2.36. The monoisotopic (exact) mass is 468 g/mol. The zero-order valence-corrected chi connectivity index (χ0v) is 19.0. The number of nitrogens with zero attached hydrogens (tertiary/aromatic N) is 1. The fourth-order valence-corrected chi connectivity index (χ4v) is 4.82. The van der Waals surface area contributed by atoms with E-state index < -0.39 is 52.2 Å². The predicted molar refractivity (Wildman–Crippen MR) is 117 cm³/mol. The summed E-state index contributed by atoms with van der Waals surface area (Å²) in [7, 11) is -3.93. The molecule has 0 saturated carbocycles. The highest BCUT2D eigenvalue weighted by atomic mass is 32.2. The smallest absolute Gasteiger partial charge is 0.283 e. The molecule has 2 atom stereocenters. The number of benzene rings is 2. The van der Waals surface area contributed by atoms with Crippen molar-refractivity contribution in [2.75, 3.05) is 12.3 Å². The first kappa shape index (κ1) is 24.3. The van der Waals surface area contributed by atoms with Crippen LogP contribution in [0.15, 0.2) is 48.5 Å². The van der Waals surface area contributed by atoms with Crippen LogP contribution in [0, 0.1) is 11.7 Å². The molecule has 1 heterocycles. The summed E-state index contributed by atoms with van der Waals surface area (Å²) in [6.45, 7) is 3.75. The molecule has 32 heavy (non-hydrogen) atoms. The largest absolute Gasteiger partial charge is 0.331 e. The summed E-state index contributed by atoms with van der Waals surface area (Å²) < 4.78 is 69.9. The third-order valence-electron chi connectivity index (χ3n) is 5.61. The molecule has 0 aromatic heterocycles. The van der Waals surface area contributed by atoms with Crippen LogP contribution < -0.4 is 4.72 Å². The lowest BCUT2D eigenvalue weighted by Gasteiger charge is -2.29. The van der Waals surface area contributed by atoms with Crippen molar-refractivity contribution >= 4 is 15.9 Å². The van der Waals surface area contributed by atoms with Crippen LogP contribution in [0.5, 0.6) is 0 Å². The fraction of sp³-hybridized carbons (Fsp3) is 0.435. The molecule has 1 aliphatic heterocycles. The van der Waals surface area contributed by atoms with Gasteiger partial charge in [0, 0.05) is 5.92 Å². The molecule has 2 aromatic rings. The van der Waals surface area contributed by atoms with Crippen LogP contribution >= 0.6 is 0 Å². The van der Waals surface area contributed by atoms with Gasteiger partial charge in [0.15, 0.2) is 0 Å². The summed E-state index contributed by atoms with van der Waals surface area (Å²) in [4.78, 5) is 13.8. The average Bonchev–Trinajstić information content (AvgIpc) is 2.97. The standard InChI is InChI=1S/C23H27F3N2O3S/c1-4-32(30,31)27-21-20(28(14-23(21,25)26)22(29)15(2)3)12-16-7-5-8-17(11-16)18-9-6-10-19(24)13-18/h5-11,13,15,20-21,27H,4,12,14H2,1-3H3/t20-,21+/m0/s1. The van der Waals surface area contributed by atoms with Crippen molar-refractivity contribution in [3.05, 3.63) is 59.9 Å². The van der Waals surface area contributed by atoms with E-state index in [0.29, 0.717) is 16.7 Å². The minimum absolute atomic E-state index is 0.0219. The van der Waals surface area contributed by atoms with Crippen LogP contribution in [0.4, 0.5) is 13.2 Å². The average molecular weight is 469 g/mol. The van der Waals surface area contributed by atoms with E-state index in [-0.39, 0.29) is 12.2 Å². The van der Waals surface area contributed by atoms with Gasteiger partial charge in [0.2, 0.25) is 15.9 Å². The van der Waals surface area contributed by atoms with Crippen molar-refractivity contribution < 1.29 is 26.4 Å². The van der Waals surface area contributed by atoms with Crippen LogP contribution in [0.2, 0.25) is 0 Å². The molecule has 9 heteroatoms. The second-order valence-corrected chi connectivity index (χ2v) is 10.4. The van der Waals surface area contributed by atoms with E-state index in [1.54, 1.807) is 50.2 Å². The molecule has 0 bridgehead atoms. The van der Waals surface area contributed by atoms with E-state index in [4.69, 9.17) is 0 Å². The summed E-state index contributed by atoms with van der Waals surface area (Å²) in [6, 6.07) is 10.2. The second-order valence-electron chi connectivity index (χ2n) is 8.36. The van der Waals surface area contributed by atoms with Gasteiger partial charge in [-0.1, -0.05) is 50.2 Å². The maximum absolute atomic E-state index is 14.9. The molecule has 1 N–H and O–H groups in total. The number of carbonyl (C=O) groups excluding carboxylic acids is 1. The minimum atomic E-state index is -3.93. The number of amides is 1. The maximum atomic E-state index is 14.9. The molecule has 5 nitrogen and oxygen atoms in total. The first-order valence-electron chi connectivity index (χ1n) is 10.5. The molecule has 1 saturated heterocycles. The molecule has 0 aliphatic carbocycles. The molecule has 1 aliphatic rings. The Morgan fingerprint density at radius 3 is 2.38 bits per heavy atom. The van der Waals surface area contributed by atoms with E-state index in [1.165, 1.54) is 19.1 Å². The molecule has 1 fully saturated rings. The summed E-state index contributed by atoms with van der Waals surface area (Å²) in [5.74, 6) is -5.15. The summed E-state index contributed by atoms with van der Waals surface area (Å²) in [5.41, 5.74) is 1.96. The highest BCUT2D eigenvalue weighted by Gasteiger charge is 2.57. The van der Waals surface area contributed by atoms with Crippen molar-refractivity contribution in [2.45, 2.75) is 45.2 Å². The van der Waals surface area contributed by atoms with Gasteiger partial charge in [-0.05, 0) is 42.2 Å². The Hall–Kier alpha value is -2.39. The first-order valence-corrected chi connectivity index (χ1v) is 12.1. The summed E-state index contributed by atoms with van der Waals surface area (Å²) in [6.07, 6.45) is 0.0219. The lowest BCUT2D eigenvalue weighted by atomic mass is 9.96. The molecule has 0 radical (unpaired) electrons. The van der Waals surface area contributed by atoms with Crippen molar-refractivity contribution in [3.8, 4) is 11.1 Å². The van der Waals surface area contributed by atoms with E-state index >= 15 is 0 Å². The van der Waals surface area contributed by atoms with E-state index in [9.17, 15) is 26.4 Å². The van der Waals surface area contributed by atoms with Gasteiger partial charge in [-0.25, -0.2) is 26.3 Å². The zero-order valence-electron chi connectivity index (χ0n) is 18.2. The number of nitrogens with one attached hydrogen (secondary N) is 1. The van der Waals surface area contributed by atoms with Crippen LogP contribution in [-0.4, -0.2) is 49.5 Å². The Morgan fingerprint density at radius 1 is 1.16 bits per heavy atom. The maximum Gasteiger partial charge on any atom is 0.283 e. The van der Waals surface area contributed by atoms with E-state index in [0.717, 1.165) is 4.90 Å². The van der Waals surface area contributed by atoms with Crippen molar-refractivity contribution in [1.82, 2.24) is 9.62 Å². The third kappa shape index (κ3) is 5.32. The lowest BCUT2D eigenvalue weighted by Crippen LogP contribution is -2.53. The van der Waals surface area contributed by atoms with Gasteiger partial charge in [-0.2, -0.15) is 0 Å². The molecule has 3 rings (SSSR count). The quantitative estimate of drug-likeness (QED) is 0.672. The first-order chi connectivity index (χ1) is 14.9. The fourth-order valence-electron chi connectivity index (χ4n) is 3.93. The molecule has 0 unspecified atom stereocenters. The predicted octanol–water partition coefficient (Wildman–Crippen LogP) is 3.85. The number of carbonyl (C=O) groups is 1. The second kappa shape index (κ2) is 9.23. The Morgan fingerprint density at radius 2 is 1.78 bits per heavy atom. The summed E-state index contributed by atoms with van der Waals surface area (Å²) in [5, 5.41) is 0. The molecular formula is C23H27F3N2O3S. The van der Waals surface area contributed by atoms with Gasteiger partial charge in [0.05, 0.1) is 18.3 Å². The third-order valence-corrected chi connectivity index (χ3v) is 6.99. The van der Waals surface area contributed by atoms with Crippen LogP contribution in [0.1, 0.15) is 26.3 Å². The Bertz CT molecular complexity index is 1090. The SMILES string of the molecule is CCS(=O)(=O)N[C@@H]1[C@H](Cc2cccc(-c3cccc(F)c3)c2)N(C(=O)C(C)C)CC1(F)F. The lowest BCUT2D eigenvalue weighted by molar-refractivity contribution is -0.136. The van der Waals surface area contributed by atoms with Crippen LogP contribution in [0.25, 0.3) is 11.1 Å². The van der Waals surface area contributed by atoms with Gasteiger partial charge in [0.25, 0.3) is 5.92 Å². The van der Waals surface area contributed by atoms with Gasteiger partial charge in [-0.3, -0.25) is 4.79 Å². The topological polar surface area (TPSA) is 66.5 Å². The van der Waals surface area contributed by atoms with Gasteiger partial charge >= 0.3 is 0 Å². The zero-order chi connectivity index (χ0) is 23.7. The number of alkyl halides is 2. The molecule has 1 amide bonds. The van der Waals surface area contributed by atoms with Gasteiger partial charge in [-0.15, -0.1) is 0 Å². The van der Waals surface area contributed by atoms with Gasteiger partial charge < -0.3 is 4.90 Å². The highest BCUT2D eigenvalue weighted by molar-refractivity contribution is 7.89. The van der Waals surface area contributed by atoms with Crippen molar-refractivity contribution in [2.24, 2.45) is 5.92 Å². The number of hydrogen-bond acceptors (Lipinski definition) is 3. The Balaban J connectivity index is 1.98. The molecule has 0 spiro atoms. The normalized spacial score (nSPS) is 20.7. The molecule has 174 valence electrons. The summed E-state index contributed by atoms with van der Waals surface area (Å²) >= 11 is 0. The van der Waals surface area contributed by atoms with Crippen molar-refractivity contribution in [1.29, 1.82) is 0 Å². The van der Waals surface area contributed by atoms with E-state index in [1.807, 2.05) is 0 Å². The molecule has 2 aromatic carbocycles.